The third-order valence-corrected chi connectivity index (χ3v) is 2.75. The van der Waals surface area contributed by atoms with E-state index in [4.69, 9.17) is 15.2 Å². The van der Waals surface area contributed by atoms with Gasteiger partial charge in [0.1, 0.15) is 4.60 Å². The molecule has 0 spiro atoms. The number of ether oxygens (including phenoxy) is 2. The first-order valence-corrected chi connectivity index (χ1v) is 6.36. The summed E-state index contributed by atoms with van der Waals surface area (Å²) >= 11 is 3.34. The fraction of sp³-hybridized carbons (Fsp3) is 0.500. The van der Waals surface area contributed by atoms with Gasteiger partial charge in [0.05, 0.1) is 6.20 Å². The molecule has 18 heavy (non-hydrogen) atoms. The number of nitrogen functional groups attached to an aromatic ring is 1. The van der Waals surface area contributed by atoms with Crippen LogP contribution in [0, 0.1) is 0 Å². The summed E-state index contributed by atoms with van der Waals surface area (Å²) in [7, 11) is 0. The smallest absolute Gasteiger partial charge is 0.221 e. The lowest BCUT2D eigenvalue weighted by Crippen LogP contribution is -2.16. The molecular weight excluding hydrogens is 302 g/mol. The third-order valence-electron chi connectivity index (χ3n) is 2.21. The summed E-state index contributed by atoms with van der Waals surface area (Å²) < 4.78 is 13.1. The molecule has 0 unspecified atom stereocenters. The van der Waals surface area contributed by atoms with Gasteiger partial charge in [0.15, 0.2) is 11.5 Å². The molecule has 0 aromatic carbocycles. The predicted octanol–water partition coefficient (Wildman–Crippen LogP) is 1.54. The van der Waals surface area contributed by atoms with E-state index in [9.17, 15) is 0 Å². The zero-order valence-electron chi connectivity index (χ0n) is 10.1. The maximum atomic E-state index is 5.83. The number of aromatic nitrogens is 4. The lowest BCUT2D eigenvalue weighted by Gasteiger charge is -2.15. The Morgan fingerprint density at radius 1 is 1.39 bits per heavy atom. The summed E-state index contributed by atoms with van der Waals surface area (Å²) in [6.07, 6.45) is 0.988. The van der Waals surface area contributed by atoms with Gasteiger partial charge in [-0.05, 0) is 29.8 Å². The molecule has 2 heterocycles. The van der Waals surface area contributed by atoms with Gasteiger partial charge in [-0.3, -0.25) is 0 Å². The van der Waals surface area contributed by atoms with Gasteiger partial charge in [0.2, 0.25) is 12.1 Å². The second-order valence-corrected chi connectivity index (χ2v) is 4.23. The van der Waals surface area contributed by atoms with Gasteiger partial charge in [-0.25, -0.2) is 14.5 Å². The van der Waals surface area contributed by atoms with Crippen LogP contribution < -0.4 is 5.73 Å². The van der Waals surface area contributed by atoms with Gasteiger partial charge in [-0.15, -0.1) is 5.10 Å². The summed E-state index contributed by atoms with van der Waals surface area (Å²) in [6, 6.07) is 0. The lowest BCUT2D eigenvalue weighted by molar-refractivity contribution is -0.145. The highest BCUT2D eigenvalue weighted by Crippen LogP contribution is 2.20. The van der Waals surface area contributed by atoms with Crippen molar-refractivity contribution in [3.05, 3.63) is 16.6 Å². The van der Waals surface area contributed by atoms with Crippen LogP contribution in [0.25, 0.3) is 5.65 Å². The Morgan fingerprint density at radius 3 is 2.67 bits per heavy atom. The van der Waals surface area contributed by atoms with Gasteiger partial charge < -0.3 is 15.2 Å². The molecule has 2 rings (SSSR count). The molecule has 0 bridgehead atoms. The van der Waals surface area contributed by atoms with E-state index < -0.39 is 6.29 Å². The molecule has 0 aliphatic rings. The standard InChI is InChI=1S/C10H14BrN5O2/c1-3-17-10(18-4-2)8-14-7(12)9-13-5-6(11)16(9)15-8/h5,10H,3-4H2,1-2H3,(H2,12,14,15). The van der Waals surface area contributed by atoms with E-state index >= 15 is 0 Å². The number of nitrogens with two attached hydrogens (primary N) is 1. The van der Waals surface area contributed by atoms with E-state index in [-0.39, 0.29) is 5.82 Å². The average Bonchev–Trinajstić information content (AvgIpc) is 2.72. The van der Waals surface area contributed by atoms with Crippen LogP contribution in [0.4, 0.5) is 5.82 Å². The molecule has 2 aromatic heterocycles. The van der Waals surface area contributed by atoms with Crippen LogP contribution in [0.5, 0.6) is 0 Å². The fourth-order valence-corrected chi connectivity index (χ4v) is 1.84. The molecule has 0 aliphatic carbocycles. The van der Waals surface area contributed by atoms with E-state index in [1.807, 2.05) is 13.8 Å². The van der Waals surface area contributed by atoms with Crippen LogP contribution in [-0.4, -0.2) is 32.8 Å². The SMILES string of the molecule is CCOC(OCC)c1nc(N)c2ncc(Br)n2n1. The van der Waals surface area contributed by atoms with E-state index in [1.165, 1.54) is 0 Å². The second-order valence-electron chi connectivity index (χ2n) is 3.41. The number of hydrogen-bond donors (Lipinski definition) is 1. The second kappa shape index (κ2) is 5.59. The zero-order chi connectivity index (χ0) is 13.1. The van der Waals surface area contributed by atoms with Crippen molar-refractivity contribution in [3.8, 4) is 0 Å². The largest absolute Gasteiger partial charge is 0.380 e. The quantitative estimate of drug-likeness (QED) is 0.842. The third kappa shape index (κ3) is 2.45. The van der Waals surface area contributed by atoms with Gasteiger partial charge in [-0.2, -0.15) is 0 Å². The van der Waals surface area contributed by atoms with Crippen molar-refractivity contribution < 1.29 is 9.47 Å². The molecule has 0 saturated heterocycles. The summed E-state index contributed by atoms with van der Waals surface area (Å²) in [5, 5.41) is 4.30. The van der Waals surface area contributed by atoms with Crippen molar-refractivity contribution in [3.63, 3.8) is 0 Å². The van der Waals surface area contributed by atoms with Crippen molar-refractivity contribution in [2.45, 2.75) is 20.1 Å². The Kier molecular flexibility index (Phi) is 4.10. The summed E-state index contributed by atoms with van der Waals surface area (Å²) in [6.45, 7) is 4.75. The molecule has 7 nitrogen and oxygen atoms in total. The van der Waals surface area contributed by atoms with Gasteiger partial charge in [0.25, 0.3) is 0 Å². The maximum Gasteiger partial charge on any atom is 0.221 e. The molecule has 0 atom stereocenters. The minimum Gasteiger partial charge on any atom is -0.380 e. The highest BCUT2D eigenvalue weighted by Gasteiger charge is 2.18. The Hall–Kier alpha value is -1.25. The topological polar surface area (TPSA) is 87.6 Å². The Bertz CT molecular complexity index is 538. The highest BCUT2D eigenvalue weighted by molar-refractivity contribution is 9.10. The van der Waals surface area contributed by atoms with E-state index in [2.05, 4.69) is 31.0 Å². The average molecular weight is 316 g/mol. The monoisotopic (exact) mass is 315 g/mol. The minimum absolute atomic E-state index is 0.287. The van der Waals surface area contributed by atoms with Crippen LogP contribution in [0.1, 0.15) is 26.0 Å². The van der Waals surface area contributed by atoms with Gasteiger partial charge in [0, 0.05) is 13.2 Å². The fourth-order valence-electron chi connectivity index (χ4n) is 1.49. The molecule has 98 valence electrons. The normalized spacial score (nSPS) is 11.6. The van der Waals surface area contributed by atoms with Crippen molar-refractivity contribution in [2.24, 2.45) is 0 Å². The highest BCUT2D eigenvalue weighted by atomic mass is 79.9. The first kappa shape index (κ1) is 13.2. The predicted molar refractivity (Wildman–Crippen MR) is 68.9 cm³/mol. The number of hydrogen-bond acceptors (Lipinski definition) is 6. The van der Waals surface area contributed by atoms with E-state index in [0.717, 1.165) is 0 Å². The molecule has 0 aliphatic heterocycles. The Balaban J connectivity index is 2.45. The van der Waals surface area contributed by atoms with Crippen molar-refractivity contribution >= 4 is 27.4 Å². The van der Waals surface area contributed by atoms with Crippen molar-refractivity contribution in [1.82, 2.24) is 19.6 Å². The maximum absolute atomic E-state index is 5.83. The zero-order valence-corrected chi connectivity index (χ0v) is 11.7. The number of halogens is 1. The summed E-state index contributed by atoms with van der Waals surface area (Å²) in [5.41, 5.74) is 6.33. The number of rotatable bonds is 5. The molecule has 2 aromatic rings. The van der Waals surface area contributed by atoms with Crippen LogP contribution in [-0.2, 0) is 9.47 Å². The molecule has 0 saturated carbocycles. The van der Waals surface area contributed by atoms with Crippen LogP contribution in [0.15, 0.2) is 10.8 Å². The van der Waals surface area contributed by atoms with Crippen molar-refractivity contribution in [1.29, 1.82) is 0 Å². The lowest BCUT2D eigenvalue weighted by atomic mass is 10.5. The van der Waals surface area contributed by atoms with Gasteiger partial charge >= 0.3 is 0 Å². The van der Waals surface area contributed by atoms with Crippen LogP contribution in [0.3, 0.4) is 0 Å². The van der Waals surface area contributed by atoms with Crippen LogP contribution >= 0.6 is 15.9 Å². The van der Waals surface area contributed by atoms with Crippen molar-refractivity contribution in [2.75, 3.05) is 18.9 Å². The summed E-state index contributed by atoms with van der Waals surface area (Å²) in [4.78, 5) is 8.26. The van der Waals surface area contributed by atoms with E-state index in [0.29, 0.717) is 29.3 Å². The Labute approximate surface area is 112 Å². The van der Waals surface area contributed by atoms with Gasteiger partial charge in [-0.1, -0.05) is 0 Å². The van der Waals surface area contributed by atoms with E-state index in [1.54, 1.807) is 10.7 Å². The molecule has 0 fully saturated rings. The molecular formula is C10H14BrN5O2. The van der Waals surface area contributed by atoms with Crippen LogP contribution in [0.2, 0.25) is 0 Å². The number of nitrogens with zero attached hydrogens (tertiary/aromatic N) is 4. The molecule has 2 N–H and O–H groups in total. The Morgan fingerprint density at radius 2 is 2.06 bits per heavy atom. The molecule has 0 amide bonds. The molecule has 8 heteroatoms. The minimum atomic E-state index is -0.624. The number of imidazole rings is 1. The number of anilines is 1. The first-order valence-electron chi connectivity index (χ1n) is 5.57. The summed E-state index contributed by atoms with van der Waals surface area (Å²) in [5.74, 6) is 0.664. The first-order chi connectivity index (χ1) is 8.67. The number of fused-ring (bicyclic) bond motifs is 1. The molecule has 0 radical (unpaired) electrons.